The molecule has 0 bridgehead atoms. The number of nitrogens with one attached hydrogen (secondary N) is 1. The van der Waals surface area contributed by atoms with Crippen LogP contribution in [0.5, 0.6) is 0 Å². The second-order valence-electron chi connectivity index (χ2n) is 6.75. The van der Waals surface area contributed by atoms with Gasteiger partial charge in [0.1, 0.15) is 5.82 Å². The molecule has 0 radical (unpaired) electrons. The van der Waals surface area contributed by atoms with Gasteiger partial charge in [0.2, 0.25) is 0 Å². The topological polar surface area (TPSA) is 42.7 Å². The summed E-state index contributed by atoms with van der Waals surface area (Å²) < 4.78 is 15.1. The molecule has 140 valence electrons. The number of pyridine rings is 1. The second-order valence-corrected chi connectivity index (χ2v) is 6.75. The maximum absolute atomic E-state index is 13.3. The zero-order valence-corrected chi connectivity index (χ0v) is 15.6. The maximum Gasteiger partial charge on any atom is 0.123 e. The Bertz CT molecular complexity index is 1040. The number of rotatable bonds is 6. The van der Waals surface area contributed by atoms with Crippen LogP contribution in [-0.2, 0) is 13.1 Å². The monoisotopic (exact) mass is 372 g/mol. The number of hydrogen-bond donors (Lipinski definition) is 1. The largest absolute Gasteiger partial charge is 0.308 e. The predicted octanol–water partition coefficient (Wildman–Crippen LogP) is 4.67. The fourth-order valence-corrected chi connectivity index (χ4v) is 3.06. The summed E-state index contributed by atoms with van der Waals surface area (Å²) in [7, 11) is 0. The molecule has 0 aliphatic heterocycles. The number of nitrogens with zero attached hydrogens (tertiary/aromatic N) is 3. The third kappa shape index (κ3) is 4.15. The molecule has 4 rings (SSSR count). The van der Waals surface area contributed by atoms with Crippen LogP contribution in [0.1, 0.15) is 16.7 Å². The van der Waals surface area contributed by atoms with Gasteiger partial charge in [-0.15, -0.1) is 0 Å². The highest BCUT2D eigenvalue weighted by atomic mass is 19.1. The van der Waals surface area contributed by atoms with Crippen LogP contribution < -0.4 is 5.32 Å². The lowest BCUT2D eigenvalue weighted by atomic mass is 10.1. The molecule has 28 heavy (non-hydrogen) atoms. The highest BCUT2D eigenvalue weighted by Gasteiger charge is 2.12. The van der Waals surface area contributed by atoms with Gasteiger partial charge in [0.05, 0.1) is 11.4 Å². The van der Waals surface area contributed by atoms with Crippen LogP contribution >= 0.6 is 0 Å². The average molecular weight is 372 g/mol. The number of benzene rings is 2. The molecule has 0 fully saturated rings. The van der Waals surface area contributed by atoms with Crippen molar-refractivity contribution < 1.29 is 4.39 Å². The third-order valence-corrected chi connectivity index (χ3v) is 4.57. The van der Waals surface area contributed by atoms with Crippen LogP contribution in [-0.4, -0.2) is 14.8 Å². The Labute approximate surface area is 163 Å². The Morgan fingerprint density at radius 2 is 1.75 bits per heavy atom. The summed E-state index contributed by atoms with van der Waals surface area (Å²) in [5.41, 5.74) is 6.22. The molecule has 0 aliphatic carbocycles. The Kier molecular flexibility index (Phi) is 5.26. The Hall–Kier alpha value is -3.31. The lowest BCUT2D eigenvalue weighted by Gasteiger charge is -2.05. The van der Waals surface area contributed by atoms with Crippen molar-refractivity contribution in [3.8, 4) is 16.9 Å². The van der Waals surface area contributed by atoms with Crippen LogP contribution in [0.15, 0.2) is 79.3 Å². The third-order valence-electron chi connectivity index (χ3n) is 4.57. The van der Waals surface area contributed by atoms with Gasteiger partial charge in [0.15, 0.2) is 0 Å². The van der Waals surface area contributed by atoms with Gasteiger partial charge in [-0.05, 0) is 42.8 Å². The molecule has 0 saturated carbocycles. The van der Waals surface area contributed by atoms with E-state index in [9.17, 15) is 4.39 Å². The lowest BCUT2D eigenvalue weighted by Crippen LogP contribution is -2.13. The van der Waals surface area contributed by atoms with E-state index in [0.29, 0.717) is 6.54 Å². The van der Waals surface area contributed by atoms with Crippen LogP contribution in [0.3, 0.4) is 0 Å². The standard InChI is InChI=1S/C23H21FN4/c1-17-4-6-19(7-5-17)23-20(15-26-14-18-3-2-12-25-13-18)16-28(27-23)22-10-8-21(24)9-11-22/h2-13,16,26H,14-15H2,1H3. The molecule has 0 unspecified atom stereocenters. The fraction of sp³-hybridized carbons (Fsp3) is 0.130. The van der Waals surface area contributed by atoms with Gasteiger partial charge in [-0.2, -0.15) is 5.10 Å². The number of aromatic nitrogens is 3. The summed E-state index contributed by atoms with van der Waals surface area (Å²) in [6.45, 7) is 3.46. The van der Waals surface area contributed by atoms with Crippen molar-refractivity contribution in [1.82, 2.24) is 20.1 Å². The summed E-state index contributed by atoms with van der Waals surface area (Å²) in [6.07, 6.45) is 5.63. The Morgan fingerprint density at radius 3 is 2.46 bits per heavy atom. The minimum atomic E-state index is -0.256. The predicted molar refractivity (Wildman–Crippen MR) is 108 cm³/mol. The molecule has 0 amide bonds. The lowest BCUT2D eigenvalue weighted by molar-refractivity contribution is 0.627. The SMILES string of the molecule is Cc1ccc(-c2nn(-c3ccc(F)cc3)cc2CNCc2cccnc2)cc1. The van der Waals surface area contributed by atoms with E-state index in [1.165, 1.54) is 17.7 Å². The molecule has 2 heterocycles. The quantitative estimate of drug-likeness (QED) is 0.535. The highest BCUT2D eigenvalue weighted by Crippen LogP contribution is 2.24. The fourth-order valence-electron chi connectivity index (χ4n) is 3.06. The highest BCUT2D eigenvalue weighted by molar-refractivity contribution is 5.63. The van der Waals surface area contributed by atoms with Crippen molar-refractivity contribution in [2.75, 3.05) is 0 Å². The maximum atomic E-state index is 13.3. The normalized spacial score (nSPS) is 10.9. The Morgan fingerprint density at radius 1 is 0.964 bits per heavy atom. The second kappa shape index (κ2) is 8.15. The van der Waals surface area contributed by atoms with Gasteiger partial charge in [-0.3, -0.25) is 4.98 Å². The van der Waals surface area contributed by atoms with Crippen molar-refractivity contribution in [1.29, 1.82) is 0 Å². The molecule has 0 aliphatic rings. The Balaban J connectivity index is 1.62. The van der Waals surface area contributed by atoms with Gasteiger partial charge < -0.3 is 5.32 Å². The molecular weight excluding hydrogens is 351 g/mol. The average Bonchev–Trinajstić information content (AvgIpc) is 3.14. The van der Waals surface area contributed by atoms with E-state index in [4.69, 9.17) is 5.10 Å². The van der Waals surface area contributed by atoms with E-state index >= 15 is 0 Å². The van der Waals surface area contributed by atoms with Gasteiger partial charge in [-0.25, -0.2) is 9.07 Å². The molecule has 0 spiro atoms. The summed E-state index contributed by atoms with van der Waals surface area (Å²) >= 11 is 0. The molecular formula is C23H21FN4. The molecule has 4 aromatic rings. The zero-order valence-electron chi connectivity index (χ0n) is 15.6. The van der Waals surface area contributed by atoms with Crippen LogP contribution in [0.2, 0.25) is 0 Å². The summed E-state index contributed by atoms with van der Waals surface area (Å²) in [6, 6.07) is 18.7. The zero-order chi connectivity index (χ0) is 19.3. The van der Waals surface area contributed by atoms with Crippen molar-refractivity contribution in [3.05, 3.63) is 102 Å². The summed E-state index contributed by atoms with van der Waals surface area (Å²) in [4.78, 5) is 4.15. The van der Waals surface area contributed by atoms with E-state index in [1.807, 2.05) is 24.5 Å². The van der Waals surface area contributed by atoms with Gasteiger partial charge in [0.25, 0.3) is 0 Å². The van der Waals surface area contributed by atoms with Crippen LogP contribution in [0.25, 0.3) is 16.9 Å². The van der Waals surface area contributed by atoms with E-state index in [-0.39, 0.29) is 5.82 Å². The van der Waals surface area contributed by atoms with E-state index in [1.54, 1.807) is 23.0 Å². The molecule has 4 nitrogen and oxygen atoms in total. The minimum absolute atomic E-state index is 0.256. The number of halogens is 1. The summed E-state index contributed by atoms with van der Waals surface area (Å²) in [5, 5.41) is 8.24. The van der Waals surface area contributed by atoms with E-state index < -0.39 is 0 Å². The minimum Gasteiger partial charge on any atom is -0.308 e. The van der Waals surface area contributed by atoms with Crippen LogP contribution in [0, 0.1) is 12.7 Å². The molecule has 2 aromatic carbocycles. The first-order chi connectivity index (χ1) is 13.7. The first kappa shape index (κ1) is 18.1. The summed E-state index contributed by atoms with van der Waals surface area (Å²) in [5.74, 6) is -0.256. The van der Waals surface area contributed by atoms with Crippen LogP contribution in [0.4, 0.5) is 4.39 Å². The van der Waals surface area contributed by atoms with Gasteiger partial charge >= 0.3 is 0 Å². The van der Waals surface area contributed by atoms with Crippen molar-refractivity contribution in [2.24, 2.45) is 0 Å². The smallest absolute Gasteiger partial charge is 0.123 e. The molecule has 0 saturated heterocycles. The van der Waals surface area contributed by atoms with Gasteiger partial charge in [-0.1, -0.05) is 35.9 Å². The molecule has 0 atom stereocenters. The molecule has 1 N–H and O–H groups in total. The molecule has 2 aromatic heterocycles. The van der Waals surface area contributed by atoms with Crippen molar-refractivity contribution >= 4 is 0 Å². The first-order valence-electron chi connectivity index (χ1n) is 9.20. The van der Waals surface area contributed by atoms with E-state index in [2.05, 4.69) is 41.5 Å². The number of aryl methyl sites for hydroxylation is 1. The number of hydrogen-bond acceptors (Lipinski definition) is 3. The molecule has 5 heteroatoms. The van der Waals surface area contributed by atoms with Gasteiger partial charge in [0, 0.05) is 42.8 Å². The van der Waals surface area contributed by atoms with Crippen molar-refractivity contribution in [3.63, 3.8) is 0 Å². The first-order valence-corrected chi connectivity index (χ1v) is 9.20. The van der Waals surface area contributed by atoms with E-state index in [0.717, 1.165) is 34.6 Å². The van der Waals surface area contributed by atoms with Crippen molar-refractivity contribution in [2.45, 2.75) is 20.0 Å².